The first-order valence-corrected chi connectivity index (χ1v) is 7.35. The van der Waals surface area contributed by atoms with Gasteiger partial charge in [0.2, 0.25) is 0 Å². The molecule has 2 rings (SSSR count). The molecule has 1 N–H and O–H groups in total. The molecule has 1 aliphatic heterocycles. The van der Waals surface area contributed by atoms with E-state index in [1.807, 2.05) is 0 Å². The number of esters is 1. The Kier molecular flexibility index (Phi) is 5.31. The fourth-order valence-electron chi connectivity index (χ4n) is 2.27. The van der Waals surface area contributed by atoms with Gasteiger partial charge in [0.1, 0.15) is 0 Å². The predicted molar refractivity (Wildman–Crippen MR) is 81.8 cm³/mol. The third kappa shape index (κ3) is 4.02. The summed E-state index contributed by atoms with van der Waals surface area (Å²) < 4.78 is 4.72. The summed E-state index contributed by atoms with van der Waals surface area (Å²) in [6.07, 6.45) is 1.20. The lowest BCUT2D eigenvalue weighted by Gasteiger charge is -2.30. The summed E-state index contributed by atoms with van der Waals surface area (Å²) in [4.78, 5) is 25.3. The number of urea groups is 1. The molecule has 0 bridgehead atoms. The van der Waals surface area contributed by atoms with Gasteiger partial charge in [0.25, 0.3) is 0 Å². The van der Waals surface area contributed by atoms with Gasteiger partial charge in [0.15, 0.2) is 0 Å². The SMILES string of the molecule is COC(=O)C1CCN(C(=O)Nc2cc(Cl)ccc2Cl)CC1. The minimum atomic E-state index is -0.248. The van der Waals surface area contributed by atoms with Crippen molar-refractivity contribution in [3.8, 4) is 0 Å². The highest BCUT2D eigenvalue weighted by molar-refractivity contribution is 6.35. The summed E-state index contributed by atoms with van der Waals surface area (Å²) in [6, 6.07) is 4.63. The number of ether oxygens (including phenoxy) is 1. The number of likely N-dealkylation sites (tertiary alicyclic amines) is 1. The fraction of sp³-hybridized carbons (Fsp3) is 0.429. The van der Waals surface area contributed by atoms with Crippen LogP contribution in [0.1, 0.15) is 12.8 Å². The number of rotatable bonds is 2. The summed E-state index contributed by atoms with van der Waals surface area (Å²) in [5.41, 5.74) is 0.476. The van der Waals surface area contributed by atoms with Crippen molar-refractivity contribution in [3.05, 3.63) is 28.2 Å². The quantitative estimate of drug-likeness (QED) is 0.845. The molecule has 1 saturated heterocycles. The highest BCUT2D eigenvalue weighted by Crippen LogP contribution is 2.26. The summed E-state index contributed by atoms with van der Waals surface area (Å²) in [7, 11) is 1.38. The lowest BCUT2D eigenvalue weighted by atomic mass is 9.97. The number of anilines is 1. The maximum atomic E-state index is 12.2. The molecule has 114 valence electrons. The van der Waals surface area contributed by atoms with Crippen LogP contribution in [0.25, 0.3) is 0 Å². The largest absolute Gasteiger partial charge is 0.469 e. The van der Waals surface area contributed by atoms with Gasteiger partial charge in [-0.15, -0.1) is 0 Å². The summed E-state index contributed by atoms with van der Waals surface area (Å²) in [5, 5.41) is 3.66. The fourth-order valence-corrected chi connectivity index (χ4v) is 2.61. The van der Waals surface area contributed by atoms with E-state index in [9.17, 15) is 9.59 Å². The van der Waals surface area contributed by atoms with Crippen molar-refractivity contribution < 1.29 is 14.3 Å². The average Bonchev–Trinajstić information content (AvgIpc) is 2.50. The number of piperidine rings is 1. The van der Waals surface area contributed by atoms with Gasteiger partial charge in [0.05, 0.1) is 23.7 Å². The molecule has 0 saturated carbocycles. The molecule has 0 spiro atoms. The zero-order valence-corrected chi connectivity index (χ0v) is 13.1. The van der Waals surface area contributed by atoms with Gasteiger partial charge >= 0.3 is 12.0 Å². The molecule has 2 amide bonds. The number of benzene rings is 1. The standard InChI is InChI=1S/C14H16Cl2N2O3/c1-21-13(19)9-4-6-18(7-5-9)14(20)17-12-8-10(15)2-3-11(12)16/h2-3,8-9H,4-7H2,1H3,(H,17,20). The van der Waals surface area contributed by atoms with E-state index in [1.165, 1.54) is 7.11 Å². The Bertz CT molecular complexity index is 543. The number of nitrogens with one attached hydrogen (secondary N) is 1. The Hall–Kier alpha value is -1.46. The van der Waals surface area contributed by atoms with Crippen LogP contribution in [0.4, 0.5) is 10.5 Å². The number of amides is 2. The predicted octanol–water partition coefficient (Wildman–Crippen LogP) is 3.41. The second-order valence-corrected chi connectivity index (χ2v) is 5.68. The van der Waals surface area contributed by atoms with E-state index < -0.39 is 0 Å². The molecule has 0 unspecified atom stereocenters. The second-order valence-electron chi connectivity index (χ2n) is 4.84. The molecule has 0 atom stereocenters. The van der Waals surface area contributed by atoms with Crippen LogP contribution >= 0.6 is 23.2 Å². The molecule has 1 aromatic carbocycles. The van der Waals surface area contributed by atoms with Gasteiger partial charge in [0, 0.05) is 18.1 Å². The number of hydrogen-bond donors (Lipinski definition) is 1. The third-order valence-electron chi connectivity index (χ3n) is 3.49. The van der Waals surface area contributed by atoms with Gasteiger partial charge in [-0.1, -0.05) is 23.2 Å². The lowest BCUT2D eigenvalue weighted by Crippen LogP contribution is -2.42. The monoisotopic (exact) mass is 330 g/mol. The number of halogens is 2. The summed E-state index contributed by atoms with van der Waals surface area (Å²) in [5.74, 6) is -0.346. The van der Waals surface area contributed by atoms with Crippen LogP contribution in [0.15, 0.2) is 18.2 Å². The molecule has 1 aromatic rings. The molecule has 0 aliphatic carbocycles. The van der Waals surface area contributed by atoms with E-state index in [1.54, 1.807) is 23.1 Å². The van der Waals surface area contributed by atoms with Gasteiger partial charge in [-0.25, -0.2) is 4.79 Å². The van der Waals surface area contributed by atoms with Crippen molar-refractivity contribution in [2.45, 2.75) is 12.8 Å². The normalized spacial score (nSPS) is 15.7. The van der Waals surface area contributed by atoms with E-state index >= 15 is 0 Å². The molecule has 5 nitrogen and oxygen atoms in total. The van der Waals surface area contributed by atoms with Crippen molar-refractivity contribution in [1.29, 1.82) is 0 Å². The molecule has 21 heavy (non-hydrogen) atoms. The molecule has 1 aliphatic rings. The Morgan fingerprint density at radius 2 is 1.95 bits per heavy atom. The molecule has 0 radical (unpaired) electrons. The van der Waals surface area contributed by atoms with Crippen LogP contribution in [0.3, 0.4) is 0 Å². The van der Waals surface area contributed by atoms with Gasteiger partial charge in [-0.05, 0) is 31.0 Å². The molecule has 7 heteroatoms. The molecule has 0 aromatic heterocycles. The van der Waals surface area contributed by atoms with Crippen LogP contribution in [0.5, 0.6) is 0 Å². The second kappa shape index (κ2) is 7.00. The first-order chi connectivity index (χ1) is 10.0. The zero-order valence-electron chi connectivity index (χ0n) is 11.6. The maximum Gasteiger partial charge on any atom is 0.321 e. The van der Waals surface area contributed by atoms with Crippen LogP contribution in [0.2, 0.25) is 10.0 Å². The van der Waals surface area contributed by atoms with E-state index in [2.05, 4.69) is 5.32 Å². The Morgan fingerprint density at radius 3 is 2.57 bits per heavy atom. The highest BCUT2D eigenvalue weighted by atomic mass is 35.5. The van der Waals surface area contributed by atoms with E-state index in [0.717, 1.165) is 0 Å². The number of methoxy groups -OCH3 is 1. The Balaban J connectivity index is 1.93. The zero-order chi connectivity index (χ0) is 15.4. The number of hydrogen-bond acceptors (Lipinski definition) is 3. The molecular formula is C14H16Cl2N2O3. The van der Waals surface area contributed by atoms with Gasteiger partial charge < -0.3 is 15.0 Å². The molecule has 1 heterocycles. The van der Waals surface area contributed by atoms with Gasteiger partial charge in [-0.3, -0.25) is 4.79 Å². The minimum Gasteiger partial charge on any atom is -0.469 e. The maximum absolute atomic E-state index is 12.2. The Morgan fingerprint density at radius 1 is 1.29 bits per heavy atom. The molecule has 1 fully saturated rings. The number of carbonyl (C=O) groups excluding carboxylic acids is 2. The van der Waals surface area contributed by atoms with Gasteiger partial charge in [-0.2, -0.15) is 0 Å². The first-order valence-electron chi connectivity index (χ1n) is 6.60. The topological polar surface area (TPSA) is 58.6 Å². The lowest BCUT2D eigenvalue weighted by molar-refractivity contribution is -0.146. The van der Waals surface area contributed by atoms with E-state index in [0.29, 0.717) is 41.7 Å². The van der Waals surface area contributed by atoms with E-state index in [-0.39, 0.29) is 17.9 Å². The summed E-state index contributed by atoms with van der Waals surface area (Å²) >= 11 is 11.9. The van der Waals surface area contributed by atoms with Crippen molar-refractivity contribution in [1.82, 2.24) is 4.90 Å². The smallest absolute Gasteiger partial charge is 0.321 e. The highest BCUT2D eigenvalue weighted by Gasteiger charge is 2.28. The molecular weight excluding hydrogens is 315 g/mol. The third-order valence-corrected chi connectivity index (χ3v) is 4.05. The van der Waals surface area contributed by atoms with E-state index in [4.69, 9.17) is 27.9 Å². The van der Waals surface area contributed by atoms with Crippen molar-refractivity contribution in [2.75, 3.05) is 25.5 Å². The van der Waals surface area contributed by atoms with Crippen molar-refractivity contribution >= 4 is 40.9 Å². The number of carbonyl (C=O) groups is 2. The summed E-state index contributed by atoms with van der Waals surface area (Å²) in [6.45, 7) is 1.01. The first kappa shape index (κ1) is 15.9. The van der Waals surface area contributed by atoms with Crippen LogP contribution < -0.4 is 5.32 Å². The van der Waals surface area contributed by atoms with Crippen molar-refractivity contribution in [3.63, 3.8) is 0 Å². The van der Waals surface area contributed by atoms with Crippen LogP contribution in [-0.2, 0) is 9.53 Å². The van der Waals surface area contributed by atoms with Crippen LogP contribution in [0, 0.1) is 5.92 Å². The Labute approximate surface area is 133 Å². The average molecular weight is 331 g/mol. The number of nitrogens with zero attached hydrogens (tertiary/aromatic N) is 1. The van der Waals surface area contributed by atoms with Crippen LogP contribution in [-0.4, -0.2) is 37.1 Å². The minimum absolute atomic E-state index is 0.131. The van der Waals surface area contributed by atoms with Crippen molar-refractivity contribution in [2.24, 2.45) is 5.92 Å².